The van der Waals surface area contributed by atoms with Gasteiger partial charge in [-0.05, 0) is 48.1 Å². The predicted octanol–water partition coefficient (Wildman–Crippen LogP) is 2.81. The van der Waals surface area contributed by atoms with Gasteiger partial charge in [0, 0.05) is 0 Å². The van der Waals surface area contributed by atoms with Crippen molar-refractivity contribution in [3.05, 3.63) is 42.0 Å². The molecule has 1 saturated heterocycles. The number of nitrogens with zero attached hydrogens (tertiary/aromatic N) is 1. The van der Waals surface area contributed by atoms with E-state index in [1.807, 2.05) is 24.3 Å². The van der Waals surface area contributed by atoms with Crippen LogP contribution >= 0.6 is 0 Å². The van der Waals surface area contributed by atoms with Crippen LogP contribution in [-0.4, -0.2) is 11.8 Å². The molecule has 2 saturated carbocycles. The molecule has 22 heavy (non-hydrogen) atoms. The number of aryl methyl sites for hydroxylation is 1. The van der Waals surface area contributed by atoms with Gasteiger partial charge in [-0.1, -0.05) is 37.3 Å². The lowest BCUT2D eigenvalue weighted by Crippen LogP contribution is -2.40. The van der Waals surface area contributed by atoms with Crippen molar-refractivity contribution in [1.82, 2.24) is 0 Å². The Balaban J connectivity index is 1.60. The van der Waals surface area contributed by atoms with E-state index in [1.54, 1.807) is 0 Å². The first kappa shape index (κ1) is 12.6. The van der Waals surface area contributed by atoms with Crippen LogP contribution < -0.4 is 4.90 Å². The van der Waals surface area contributed by atoms with Gasteiger partial charge >= 0.3 is 0 Å². The minimum atomic E-state index is -0.101. The topological polar surface area (TPSA) is 37.4 Å². The molecule has 2 amide bonds. The zero-order valence-electron chi connectivity index (χ0n) is 12.6. The summed E-state index contributed by atoms with van der Waals surface area (Å²) in [7, 11) is 0. The average molecular weight is 293 g/mol. The second kappa shape index (κ2) is 4.09. The summed E-state index contributed by atoms with van der Waals surface area (Å²) in [5.41, 5.74) is 1.88. The fourth-order valence-corrected chi connectivity index (χ4v) is 5.22. The van der Waals surface area contributed by atoms with Crippen LogP contribution in [0.1, 0.15) is 18.9 Å². The fraction of sp³-hybridized carbons (Fsp3) is 0.474. The molecule has 2 bridgehead atoms. The Morgan fingerprint density at radius 2 is 1.59 bits per heavy atom. The Morgan fingerprint density at radius 1 is 1.00 bits per heavy atom. The van der Waals surface area contributed by atoms with E-state index in [0.717, 1.165) is 17.7 Å². The monoisotopic (exact) mass is 293 g/mol. The van der Waals surface area contributed by atoms with E-state index in [9.17, 15) is 9.59 Å². The summed E-state index contributed by atoms with van der Waals surface area (Å²) in [5.74, 6) is 1.81. The van der Waals surface area contributed by atoms with E-state index >= 15 is 0 Å². The maximum Gasteiger partial charge on any atom is 0.238 e. The number of benzene rings is 1. The number of carbonyl (C=O) groups excluding carboxylic acids is 2. The molecule has 0 spiro atoms. The largest absolute Gasteiger partial charge is 0.274 e. The maximum absolute atomic E-state index is 13.0. The highest BCUT2D eigenvalue weighted by atomic mass is 16.2. The molecule has 3 fully saturated rings. The molecule has 4 aliphatic carbocycles. The lowest BCUT2D eigenvalue weighted by atomic mass is 9.63. The zero-order chi connectivity index (χ0) is 15.0. The quantitative estimate of drug-likeness (QED) is 0.621. The van der Waals surface area contributed by atoms with Crippen molar-refractivity contribution >= 4 is 17.5 Å². The van der Waals surface area contributed by atoms with Crippen LogP contribution in [0.2, 0.25) is 0 Å². The van der Waals surface area contributed by atoms with Gasteiger partial charge in [-0.2, -0.15) is 0 Å². The highest BCUT2D eigenvalue weighted by Crippen LogP contribution is 2.65. The molecule has 6 rings (SSSR count). The van der Waals surface area contributed by atoms with Crippen molar-refractivity contribution in [1.29, 1.82) is 0 Å². The van der Waals surface area contributed by atoms with Gasteiger partial charge in [0.15, 0.2) is 0 Å². The number of para-hydroxylation sites is 1. The Bertz CT molecular complexity index is 686. The van der Waals surface area contributed by atoms with Crippen molar-refractivity contribution in [2.45, 2.75) is 19.8 Å². The van der Waals surface area contributed by atoms with Gasteiger partial charge in [-0.3, -0.25) is 9.59 Å². The SMILES string of the molecule is CCc1ccccc1N1C(=O)[C@H]2[C@@H]3C=C[C@H]([C@@H]4C[C@H]34)[C@@H]2C1=O. The Morgan fingerprint density at radius 3 is 2.18 bits per heavy atom. The molecular weight excluding hydrogens is 274 g/mol. The zero-order valence-corrected chi connectivity index (χ0v) is 12.6. The molecule has 1 aromatic carbocycles. The van der Waals surface area contributed by atoms with Gasteiger partial charge in [0.05, 0.1) is 17.5 Å². The number of hydrogen-bond acceptors (Lipinski definition) is 2. The molecule has 3 nitrogen and oxygen atoms in total. The molecule has 1 aliphatic heterocycles. The molecule has 3 heteroatoms. The van der Waals surface area contributed by atoms with E-state index in [2.05, 4.69) is 19.1 Å². The summed E-state index contributed by atoms with van der Waals surface area (Å²) in [6, 6.07) is 7.83. The number of rotatable bonds is 2. The third kappa shape index (κ3) is 1.37. The lowest BCUT2D eigenvalue weighted by molar-refractivity contribution is -0.124. The van der Waals surface area contributed by atoms with Crippen molar-refractivity contribution in [3.8, 4) is 0 Å². The number of anilines is 1. The Hall–Kier alpha value is -1.90. The minimum Gasteiger partial charge on any atom is -0.274 e. The Kier molecular flexibility index (Phi) is 2.35. The van der Waals surface area contributed by atoms with Gasteiger partial charge in [0.2, 0.25) is 11.8 Å². The molecule has 0 radical (unpaired) electrons. The van der Waals surface area contributed by atoms with Gasteiger partial charge in [0.1, 0.15) is 0 Å². The Labute approximate surface area is 130 Å². The first-order chi connectivity index (χ1) is 10.7. The first-order valence-electron chi connectivity index (χ1n) is 8.36. The van der Waals surface area contributed by atoms with Crippen LogP contribution in [0.25, 0.3) is 0 Å². The standard InChI is InChI=1S/C19H19NO2/c1-2-10-5-3-4-6-15(10)20-18(21)16-11-7-8-12(14-9-13(11)14)17(16)19(20)22/h3-8,11-14,16-17H,2,9H2,1H3/t11-,12-,13-,14+,16+,17+/m1/s1. The molecule has 0 aromatic heterocycles. The van der Waals surface area contributed by atoms with E-state index < -0.39 is 0 Å². The van der Waals surface area contributed by atoms with Gasteiger partial charge in [-0.25, -0.2) is 4.90 Å². The number of imide groups is 1. The predicted molar refractivity (Wildman–Crippen MR) is 83.0 cm³/mol. The summed E-state index contributed by atoms with van der Waals surface area (Å²) in [5, 5.41) is 0. The molecule has 1 aromatic rings. The van der Waals surface area contributed by atoms with Crippen molar-refractivity contribution in [2.75, 3.05) is 4.90 Å². The fourth-order valence-electron chi connectivity index (χ4n) is 5.22. The minimum absolute atomic E-state index is 0.0422. The first-order valence-corrected chi connectivity index (χ1v) is 8.36. The third-order valence-electron chi connectivity index (χ3n) is 6.28. The van der Waals surface area contributed by atoms with E-state index in [4.69, 9.17) is 0 Å². The number of hydrogen-bond donors (Lipinski definition) is 0. The summed E-state index contributed by atoms with van der Waals surface area (Å²) in [6.07, 6.45) is 6.49. The van der Waals surface area contributed by atoms with Crippen molar-refractivity contribution < 1.29 is 9.59 Å². The highest BCUT2D eigenvalue weighted by Gasteiger charge is 2.67. The van der Waals surface area contributed by atoms with Crippen LogP contribution in [-0.2, 0) is 16.0 Å². The van der Waals surface area contributed by atoms with Crippen molar-refractivity contribution in [3.63, 3.8) is 0 Å². The maximum atomic E-state index is 13.0. The van der Waals surface area contributed by atoms with Gasteiger partial charge in [-0.15, -0.1) is 0 Å². The molecular formula is C19H19NO2. The molecule has 1 heterocycles. The molecule has 0 unspecified atom stereocenters. The lowest BCUT2D eigenvalue weighted by Gasteiger charge is -2.37. The summed E-state index contributed by atoms with van der Waals surface area (Å²) >= 11 is 0. The van der Waals surface area contributed by atoms with Crippen LogP contribution in [0.4, 0.5) is 5.69 Å². The van der Waals surface area contributed by atoms with Gasteiger partial charge in [0.25, 0.3) is 0 Å². The van der Waals surface area contributed by atoms with E-state index in [0.29, 0.717) is 23.7 Å². The summed E-state index contributed by atoms with van der Waals surface area (Å²) in [6.45, 7) is 2.07. The van der Waals surface area contributed by atoms with Crippen LogP contribution in [0.5, 0.6) is 0 Å². The smallest absolute Gasteiger partial charge is 0.238 e. The molecule has 0 N–H and O–H groups in total. The van der Waals surface area contributed by atoms with E-state index in [1.165, 1.54) is 11.3 Å². The van der Waals surface area contributed by atoms with Gasteiger partial charge < -0.3 is 0 Å². The third-order valence-corrected chi connectivity index (χ3v) is 6.28. The number of allylic oxidation sites excluding steroid dienone is 2. The summed E-state index contributed by atoms with van der Waals surface area (Å²) in [4.78, 5) is 27.6. The molecule has 5 aliphatic rings. The normalized spacial score (nSPS) is 40.9. The highest BCUT2D eigenvalue weighted by molar-refractivity contribution is 6.23. The molecule has 112 valence electrons. The summed E-state index contributed by atoms with van der Waals surface area (Å²) < 4.78 is 0. The van der Waals surface area contributed by atoms with Crippen LogP contribution in [0, 0.1) is 35.5 Å². The number of amides is 2. The second-order valence-corrected chi connectivity index (χ2v) is 7.15. The number of carbonyl (C=O) groups is 2. The van der Waals surface area contributed by atoms with Crippen LogP contribution in [0.3, 0.4) is 0 Å². The second-order valence-electron chi connectivity index (χ2n) is 7.15. The van der Waals surface area contributed by atoms with Crippen LogP contribution in [0.15, 0.2) is 36.4 Å². The van der Waals surface area contributed by atoms with E-state index in [-0.39, 0.29) is 23.7 Å². The average Bonchev–Trinajstić information content (AvgIpc) is 3.32. The van der Waals surface area contributed by atoms with Crippen molar-refractivity contribution in [2.24, 2.45) is 35.5 Å². The molecule has 6 atom stereocenters.